The van der Waals surface area contributed by atoms with Gasteiger partial charge in [0.25, 0.3) is 0 Å². The second-order valence-electron chi connectivity index (χ2n) is 11.1. The van der Waals surface area contributed by atoms with Gasteiger partial charge in [-0.05, 0) is 32.1 Å². The van der Waals surface area contributed by atoms with Crippen LogP contribution < -0.4 is 0 Å². The number of carboxylic acids is 1. The normalized spacial score (nSPS) is 12.0. The summed E-state index contributed by atoms with van der Waals surface area (Å²) in [5, 5.41) is 9.17. The first-order valence-electron chi connectivity index (χ1n) is 16.2. The molecule has 0 aliphatic carbocycles. The van der Waals surface area contributed by atoms with E-state index in [4.69, 9.17) is 9.84 Å². The molecule has 0 aromatic rings. The number of nitrogens with zero attached hydrogens (tertiary/aromatic N) is 1. The maximum atomic E-state index is 13.2. The second kappa shape index (κ2) is 27.8. The Balaban J connectivity index is 4.65. The molecule has 0 bridgehead atoms. The number of amides is 1. The summed E-state index contributed by atoms with van der Waals surface area (Å²) in [6, 6.07) is 0. The highest BCUT2D eigenvalue weighted by Crippen LogP contribution is 2.17. The van der Waals surface area contributed by atoms with Crippen molar-refractivity contribution < 1.29 is 19.4 Å². The highest BCUT2D eigenvalue weighted by atomic mass is 16.6. The van der Waals surface area contributed by atoms with Crippen molar-refractivity contribution in [2.24, 2.45) is 0 Å². The Morgan fingerprint density at radius 1 is 0.568 bits per heavy atom. The van der Waals surface area contributed by atoms with Crippen LogP contribution in [0.2, 0.25) is 0 Å². The molecule has 1 unspecified atom stereocenters. The molecule has 1 atom stereocenters. The molecule has 1 N–H and O–H groups in total. The van der Waals surface area contributed by atoms with Gasteiger partial charge in [-0.3, -0.25) is 4.79 Å². The number of carbonyl (C=O) groups is 2. The van der Waals surface area contributed by atoms with Crippen LogP contribution in [0.15, 0.2) is 0 Å². The average molecular weight is 526 g/mol. The van der Waals surface area contributed by atoms with Crippen LogP contribution in [0, 0.1) is 0 Å². The molecule has 1 amide bonds. The Hall–Kier alpha value is -1.26. The number of carboxylic acid groups (broad SMARTS) is 1. The van der Waals surface area contributed by atoms with E-state index in [0.29, 0.717) is 6.42 Å². The van der Waals surface area contributed by atoms with Crippen LogP contribution in [0.1, 0.15) is 175 Å². The Morgan fingerprint density at radius 3 is 1.35 bits per heavy atom. The number of ether oxygens (including phenoxy) is 1. The monoisotopic (exact) mass is 525 g/mol. The van der Waals surface area contributed by atoms with Crippen LogP contribution in [0.3, 0.4) is 0 Å². The van der Waals surface area contributed by atoms with Crippen LogP contribution in [-0.2, 0) is 9.53 Å². The summed E-state index contributed by atoms with van der Waals surface area (Å²) < 4.78 is 5.94. The van der Waals surface area contributed by atoms with Gasteiger partial charge in [-0.15, -0.1) is 0 Å². The highest BCUT2D eigenvalue weighted by molar-refractivity contribution is 5.68. The Labute approximate surface area is 230 Å². The van der Waals surface area contributed by atoms with Crippen molar-refractivity contribution in [2.45, 2.75) is 181 Å². The molecule has 0 rings (SSSR count). The minimum Gasteiger partial charge on any atom is -0.481 e. The highest BCUT2D eigenvalue weighted by Gasteiger charge is 2.20. The minimum absolute atomic E-state index is 0.0585. The van der Waals surface area contributed by atoms with Gasteiger partial charge in [0.1, 0.15) is 6.10 Å². The van der Waals surface area contributed by atoms with Crippen LogP contribution in [0.25, 0.3) is 0 Å². The van der Waals surface area contributed by atoms with E-state index in [0.717, 1.165) is 58.0 Å². The Kier molecular flexibility index (Phi) is 26.8. The van der Waals surface area contributed by atoms with Crippen LogP contribution in [0.5, 0.6) is 0 Å². The zero-order chi connectivity index (χ0) is 27.4. The first-order valence-corrected chi connectivity index (χ1v) is 16.2. The smallest absolute Gasteiger partial charge is 0.410 e. The first-order chi connectivity index (χ1) is 18.0. The lowest BCUT2D eigenvalue weighted by molar-refractivity contribution is -0.137. The second-order valence-corrected chi connectivity index (χ2v) is 11.1. The average Bonchev–Trinajstić information content (AvgIpc) is 2.88. The van der Waals surface area contributed by atoms with Crippen molar-refractivity contribution in [3.05, 3.63) is 0 Å². The third-order valence-corrected chi connectivity index (χ3v) is 7.40. The van der Waals surface area contributed by atoms with Crippen molar-refractivity contribution >= 4 is 12.1 Å². The predicted molar refractivity (Wildman–Crippen MR) is 157 cm³/mol. The number of carbonyl (C=O) groups excluding carboxylic acids is 1. The van der Waals surface area contributed by atoms with Crippen molar-refractivity contribution in [3.8, 4) is 0 Å². The summed E-state index contributed by atoms with van der Waals surface area (Å²) in [4.78, 5) is 26.2. The van der Waals surface area contributed by atoms with Crippen molar-refractivity contribution in [1.82, 2.24) is 4.90 Å². The van der Waals surface area contributed by atoms with Gasteiger partial charge in [0.05, 0.1) is 0 Å². The molecule has 220 valence electrons. The number of rotatable bonds is 28. The lowest BCUT2D eigenvalue weighted by Crippen LogP contribution is -2.36. The fraction of sp³-hybridized carbons (Fsp3) is 0.938. The van der Waals surface area contributed by atoms with Gasteiger partial charge in [0.15, 0.2) is 0 Å². The summed E-state index contributed by atoms with van der Waals surface area (Å²) in [6.45, 7) is 8.21. The van der Waals surface area contributed by atoms with E-state index in [2.05, 4.69) is 20.8 Å². The number of aliphatic carboxylic acids is 1. The third-order valence-electron chi connectivity index (χ3n) is 7.40. The molecule has 0 aromatic carbocycles. The lowest BCUT2D eigenvalue weighted by Gasteiger charge is -2.26. The summed E-state index contributed by atoms with van der Waals surface area (Å²) >= 11 is 0. The zero-order valence-electron chi connectivity index (χ0n) is 25.1. The van der Waals surface area contributed by atoms with E-state index < -0.39 is 5.97 Å². The summed E-state index contributed by atoms with van der Waals surface area (Å²) in [5.74, 6) is -0.818. The fourth-order valence-corrected chi connectivity index (χ4v) is 4.91. The quantitative estimate of drug-likeness (QED) is 0.103. The number of hydrogen-bond donors (Lipinski definition) is 1. The SMILES string of the molecule is CCCCCCCCCCN(CCCCCCCCCC)C(=O)OC(CCCCCCC)CCC(=O)O. The van der Waals surface area contributed by atoms with Crippen LogP contribution >= 0.6 is 0 Å². The molecule has 0 fully saturated rings. The van der Waals surface area contributed by atoms with Gasteiger partial charge < -0.3 is 14.7 Å². The minimum atomic E-state index is -0.818. The summed E-state index contributed by atoms with van der Waals surface area (Å²) in [7, 11) is 0. The molecule has 0 saturated carbocycles. The van der Waals surface area contributed by atoms with Crippen molar-refractivity contribution in [3.63, 3.8) is 0 Å². The summed E-state index contributed by atoms with van der Waals surface area (Å²) in [5.41, 5.74) is 0. The van der Waals surface area contributed by atoms with Gasteiger partial charge >= 0.3 is 12.1 Å². The maximum Gasteiger partial charge on any atom is 0.410 e. The standard InChI is InChI=1S/C32H63NO4/c1-4-7-10-13-15-17-20-23-28-33(29-24-21-18-16-14-11-8-5-2)32(36)37-30(26-27-31(34)35)25-22-19-12-9-6-3/h30H,4-29H2,1-3H3,(H,34,35). The van der Waals surface area contributed by atoms with Gasteiger partial charge in [0.2, 0.25) is 0 Å². The molecule has 0 heterocycles. The summed E-state index contributed by atoms with van der Waals surface area (Å²) in [6.07, 6.45) is 26.4. The third kappa shape index (κ3) is 24.8. The Morgan fingerprint density at radius 2 is 0.946 bits per heavy atom. The van der Waals surface area contributed by atoms with E-state index in [9.17, 15) is 9.59 Å². The fourth-order valence-electron chi connectivity index (χ4n) is 4.91. The Bertz CT molecular complexity index is 491. The van der Waals surface area contributed by atoms with Crippen LogP contribution in [0.4, 0.5) is 4.79 Å². The molecule has 0 aliphatic rings. The maximum absolute atomic E-state index is 13.2. The number of unbranched alkanes of at least 4 members (excludes halogenated alkanes) is 18. The molecule has 5 nitrogen and oxygen atoms in total. The predicted octanol–water partition coefficient (Wildman–Crippen LogP) is 10.3. The molecule has 0 spiro atoms. The molecule has 0 aliphatic heterocycles. The molecular weight excluding hydrogens is 462 g/mol. The topological polar surface area (TPSA) is 66.8 Å². The molecule has 0 aromatic heterocycles. The molecular formula is C32H63NO4. The van der Waals surface area contributed by atoms with Gasteiger partial charge in [-0.25, -0.2) is 4.79 Å². The van der Waals surface area contributed by atoms with E-state index in [-0.39, 0.29) is 18.6 Å². The van der Waals surface area contributed by atoms with E-state index in [1.165, 1.54) is 96.3 Å². The van der Waals surface area contributed by atoms with E-state index in [1.807, 2.05) is 4.90 Å². The van der Waals surface area contributed by atoms with Gasteiger partial charge in [-0.1, -0.05) is 136 Å². The molecule has 0 saturated heterocycles. The molecule has 37 heavy (non-hydrogen) atoms. The van der Waals surface area contributed by atoms with Gasteiger partial charge in [0, 0.05) is 19.5 Å². The van der Waals surface area contributed by atoms with Crippen LogP contribution in [-0.4, -0.2) is 41.3 Å². The van der Waals surface area contributed by atoms with E-state index >= 15 is 0 Å². The van der Waals surface area contributed by atoms with Crippen molar-refractivity contribution in [2.75, 3.05) is 13.1 Å². The lowest BCUT2D eigenvalue weighted by atomic mass is 10.0. The van der Waals surface area contributed by atoms with E-state index in [1.54, 1.807) is 0 Å². The van der Waals surface area contributed by atoms with Gasteiger partial charge in [-0.2, -0.15) is 0 Å². The largest absolute Gasteiger partial charge is 0.481 e. The first kappa shape index (κ1) is 35.7. The molecule has 5 heteroatoms. The van der Waals surface area contributed by atoms with Crippen molar-refractivity contribution in [1.29, 1.82) is 0 Å². The number of hydrogen-bond acceptors (Lipinski definition) is 3. The zero-order valence-corrected chi connectivity index (χ0v) is 25.1. The molecule has 0 radical (unpaired) electrons.